The zero-order valence-electron chi connectivity index (χ0n) is 19.2. The van der Waals surface area contributed by atoms with Crippen molar-refractivity contribution in [3.8, 4) is 11.5 Å². The van der Waals surface area contributed by atoms with Gasteiger partial charge in [0.25, 0.3) is 0 Å². The Balaban J connectivity index is 1.79. The first-order valence-electron chi connectivity index (χ1n) is 11.4. The summed E-state index contributed by atoms with van der Waals surface area (Å²) in [5, 5.41) is 10.6. The van der Waals surface area contributed by atoms with E-state index in [2.05, 4.69) is 52.0 Å². The molecule has 0 saturated carbocycles. The molecule has 0 aromatic heterocycles. The van der Waals surface area contributed by atoms with Gasteiger partial charge in [-0.05, 0) is 75.3 Å². The summed E-state index contributed by atoms with van der Waals surface area (Å²) in [6.07, 6.45) is 9.16. The summed E-state index contributed by atoms with van der Waals surface area (Å²) in [6.45, 7) is 12.6. The highest BCUT2D eigenvalue weighted by molar-refractivity contribution is 5.63. The second kappa shape index (κ2) is 8.81. The molecule has 0 fully saturated rings. The molecule has 1 unspecified atom stereocenters. The minimum absolute atomic E-state index is 0.130. The van der Waals surface area contributed by atoms with Crippen LogP contribution in [0.15, 0.2) is 24.3 Å². The van der Waals surface area contributed by atoms with Gasteiger partial charge in [-0.15, -0.1) is 0 Å². The Morgan fingerprint density at radius 2 is 1.48 bits per heavy atom. The maximum Gasteiger partial charge on any atom is 0.127 e. The second-order valence-corrected chi connectivity index (χ2v) is 9.36. The van der Waals surface area contributed by atoms with E-state index in [0.29, 0.717) is 5.75 Å². The molecule has 1 atom stereocenters. The Labute approximate surface area is 177 Å². The average Bonchev–Trinajstić information content (AvgIpc) is 2.99. The predicted octanol–water partition coefficient (Wildman–Crippen LogP) is 7.52. The van der Waals surface area contributed by atoms with Crippen molar-refractivity contribution < 1.29 is 9.84 Å². The van der Waals surface area contributed by atoms with Crippen LogP contribution in [-0.2, 0) is 6.42 Å². The molecule has 1 aliphatic heterocycles. The Kier molecular flexibility index (Phi) is 6.61. The van der Waals surface area contributed by atoms with Crippen molar-refractivity contribution in [2.24, 2.45) is 0 Å². The summed E-state index contributed by atoms with van der Waals surface area (Å²) in [4.78, 5) is 0. The van der Waals surface area contributed by atoms with Gasteiger partial charge in [0.2, 0.25) is 0 Å². The van der Waals surface area contributed by atoms with Gasteiger partial charge in [0.05, 0.1) is 5.92 Å². The SMILES string of the molecule is CCCCCCCCc1ccc(C2c3c(C)c(O)c(C)c(C)c3OC2(C)C)cc1. The van der Waals surface area contributed by atoms with Gasteiger partial charge in [-0.25, -0.2) is 0 Å². The predicted molar refractivity (Wildman–Crippen MR) is 122 cm³/mol. The number of aryl methyl sites for hydroxylation is 1. The van der Waals surface area contributed by atoms with Crippen LogP contribution in [0.25, 0.3) is 0 Å². The van der Waals surface area contributed by atoms with Crippen molar-refractivity contribution in [1.29, 1.82) is 0 Å². The van der Waals surface area contributed by atoms with Crippen LogP contribution in [0.3, 0.4) is 0 Å². The maximum atomic E-state index is 10.6. The lowest BCUT2D eigenvalue weighted by Gasteiger charge is -2.27. The maximum absolute atomic E-state index is 10.6. The third-order valence-corrected chi connectivity index (χ3v) is 6.74. The summed E-state index contributed by atoms with van der Waals surface area (Å²) < 4.78 is 6.44. The fourth-order valence-corrected chi connectivity index (χ4v) is 4.83. The Morgan fingerprint density at radius 1 is 0.862 bits per heavy atom. The molecule has 0 bridgehead atoms. The lowest BCUT2D eigenvalue weighted by Crippen LogP contribution is -2.31. The van der Waals surface area contributed by atoms with Crippen molar-refractivity contribution in [2.45, 2.75) is 98.0 Å². The molecule has 1 N–H and O–H groups in total. The van der Waals surface area contributed by atoms with Crippen molar-refractivity contribution in [3.05, 3.63) is 57.6 Å². The Hall–Kier alpha value is -1.96. The van der Waals surface area contributed by atoms with Gasteiger partial charge in [-0.1, -0.05) is 63.3 Å². The molecular weight excluding hydrogens is 356 g/mol. The smallest absolute Gasteiger partial charge is 0.127 e. The number of aromatic hydroxyl groups is 1. The van der Waals surface area contributed by atoms with Crippen molar-refractivity contribution in [3.63, 3.8) is 0 Å². The molecule has 0 amide bonds. The van der Waals surface area contributed by atoms with Crippen LogP contribution in [0, 0.1) is 20.8 Å². The van der Waals surface area contributed by atoms with Crippen molar-refractivity contribution >= 4 is 0 Å². The first-order chi connectivity index (χ1) is 13.8. The van der Waals surface area contributed by atoms with Gasteiger partial charge in [0.1, 0.15) is 17.1 Å². The van der Waals surface area contributed by atoms with Gasteiger partial charge >= 0.3 is 0 Å². The fourth-order valence-electron chi connectivity index (χ4n) is 4.83. The first-order valence-corrected chi connectivity index (χ1v) is 11.4. The highest BCUT2D eigenvalue weighted by Crippen LogP contribution is 2.53. The minimum Gasteiger partial charge on any atom is -0.507 e. The molecule has 2 aromatic rings. The molecule has 29 heavy (non-hydrogen) atoms. The highest BCUT2D eigenvalue weighted by Gasteiger charge is 2.44. The molecular formula is C27H38O2. The molecule has 0 saturated heterocycles. The standard InChI is InChI=1S/C27H38O2/c1-7-8-9-10-11-12-13-21-14-16-22(17-15-21)24-23-20(4)25(28)18(2)19(3)26(23)29-27(24,5)6/h14-17,24,28H,7-13H2,1-6H3. The van der Waals surface area contributed by atoms with E-state index in [9.17, 15) is 5.11 Å². The van der Waals surface area contributed by atoms with Gasteiger partial charge in [-0.3, -0.25) is 0 Å². The van der Waals surface area contributed by atoms with Gasteiger partial charge < -0.3 is 9.84 Å². The number of hydrogen-bond acceptors (Lipinski definition) is 2. The Morgan fingerprint density at radius 3 is 2.14 bits per heavy atom. The van der Waals surface area contributed by atoms with E-state index in [1.807, 2.05) is 13.8 Å². The second-order valence-electron chi connectivity index (χ2n) is 9.36. The molecule has 0 radical (unpaired) electrons. The normalized spacial score (nSPS) is 17.2. The average molecular weight is 395 g/mol. The number of hydrogen-bond donors (Lipinski definition) is 1. The van der Waals surface area contributed by atoms with Crippen LogP contribution in [0.1, 0.15) is 98.6 Å². The summed E-state index contributed by atoms with van der Waals surface area (Å²) in [5.41, 5.74) is 6.44. The Bertz CT molecular complexity index is 846. The summed E-state index contributed by atoms with van der Waals surface area (Å²) >= 11 is 0. The third-order valence-electron chi connectivity index (χ3n) is 6.74. The van der Waals surface area contributed by atoms with Gasteiger partial charge in [0, 0.05) is 5.56 Å². The number of unbranched alkanes of at least 4 members (excludes halogenated alkanes) is 5. The van der Waals surface area contributed by atoms with Crippen molar-refractivity contribution in [1.82, 2.24) is 0 Å². The molecule has 2 aromatic carbocycles. The fraction of sp³-hybridized carbons (Fsp3) is 0.556. The summed E-state index contributed by atoms with van der Waals surface area (Å²) in [7, 11) is 0. The van der Waals surface area contributed by atoms with Crippen LogP contribution in [0.4, 0.5) is 0 Å². The first kappa shape index (κ1) is 21.7. The number of phenols is 1. The van der Waals surface area contributed by atoms with Crippen LogP contribution < -0.4 is 4.74 Å². The van der Waals surface area contributed by atoms with Crippen LogP contribution >= 0.6 is 0 Å². The molecule has 1 heterocycles. The summed E-state index contributed by atoms with van der Waals surface area (Å²) in [6, 6.07) is 9.10. The molecule has 158 valence electrons. The topological polar surface area (TPSA) is 29.5 Å². The molecule has 2 heteroatoms. The van der Waals surface area contributed by atoms with Crippen LogP contribution in [-0.4, -0.2) is 10.7 Å². The largest absolute Gasteiger partial charge is 0.507 e. The van der Waals surface area contributed by atoms with E-state index in [1.165, 1.54) is 49.7 Å². The molecule has 2 nitrogen and oxygen atoms in total. The van der Waals surface area contributed by atoms with E-state index >= 15 is 0 Å². The van der Waals surface area contributed by atoms with E-state index in [0.717, 1.165) is 34.4 Å². The number of ether oxygens (including phenoxy) is 1. The van der Waals surface area contributed by atoms with E-state index < -0.39 is 0 Å². The zero-order valence-corrected chi connectivity index (χ0v) is 19.2. The van der Waals surface area contributed by atoms with Crippen LogP contribution in [0.5, 0.6) is 11.5 Å². The number of fused-ring (bicyclic) bond motifs is 1. The lowest BCUT2D eigenvalue weighted by molar-refractivity contribution is 0.121. The lowest BCUT2D eigenvalue weighted by atomic mass is 9.78. The van der Waals surface area contributed by atoms with Gasteiger partial charge in [-0.2, -0.15) is 0 Å². The van der Waals surface area contributed by atoms with E-state index in [-0.39, 0.29) is 11.5 Å². The molecule has 0 aliphatic carbocycles. The molecule has 1 aliphatic rings. The van der Waals surface area contributed by atoms with Crippen LogP contribution in [0.2, 0.25) is 0 Å². The van der Waals surface area contributed by atoms with Crippen molar-refractivity contribution in [2.75, 3.05) is 0 Å². The van der Waals surface area contributed by atoms with Gasteiger partial charge in [0.15, 0.2) is 0 Å². The number of benzene rings is 2. The zero-order chi connectivity index (χ0) is 21.2. The third kappa shape index (κ3) is 4.32. The molecule has 0 spiro atoms. The van der Waals surface area contributed by atoms with E-state index in [4.69, 9.17) is 4.74 Å². The minimum atomic E-state index is -0.334. The highest BCUT2D eigenvalue weighted by atomic mass is 16.5. The number of phenolic OH excluding ortho intramolecular Hbond substituents is 1. The number of rotatable bonds is 8. The molecule has 3 rings (SSSR count). The van der Waals surface area contributed by atoms with E-state index in [1.54, 1.807) is 0 Å². The monoisotopic (exact) mass is 394 g/mol. The quantitative estimate of drug-likeness (QED) is 0.469. The summed E-state index contributed by atoms with van der Waals surface area (Å²) in [5.74, 6) is 1.50.